The van der Waals surface area contributed by atoms with Crippen LogP contribution in [0.2, 0.25) is 0 Å². The minimum absolute atomic E-state index is 0.170. The molecule has 0 unspecified atom stereocenters. The molecule has 0 fully saturated rings. The summed E-state index contributed by atoms with van der Waals surface area (Å²) in [5.74, 6) is 0.900. The highest BCUT2D eigenvalue weighted by atomic mass is 32.2. The summed E-state index contributed by atoms with van der Waals surface area (Å²) in [5, 5.41) is 0. The van der Waals surface area contributed by atoms with E-state index in [2.05, 4.69) is 16.9 Å². The number of fused-ring (bicyclic) bond motifs is 1. The Bertz CT molecular complexity index is 948. The smallest absolute Gasteiger partial charge is 0.241 e. The van der Waals surface area contributed by atoms with Crippen molar-refractivity contribution in [1.82, 2.24) is 4.72 Å². The van der Waals surface area contributed by atoms with Crippen molar-refractivity contribution in [2.24, 2.45) is 0 Å². The molecule has 0 heterocycles. The van der Waals surface area contributed by atoms with E-state index in [9.17, 15) is 8.42 Å². The largest absolute Gasteiger partial charge is 0.496 e. The SMILES string of the molecule is COc1cc(C)c(S(=O)(=O)N[C@@H](C)c2ccc3c(c2)CCC3)cc1C(C)C. The molecule has 4 nitrogen and oxygen atoms in total. The summed E-state index contributed by atoms with van der Waals surface area (Å²) in [6.45, 7) is 7.77. The lowest BCUT2D eigenvalue weighted by Crippen LogP contribution is -2.27. The van der Waals surface area contributed by atoms with Gasteiger partial charge in [0, 0.05) is 6.04 Å². The first-order valence-electron chi connectivity index (χ1n) is 9.55. The van der Waals surface area contributed by atoms with Gasteiger partial charge in [-0.2, -0.15) is 0 Å². The number of hydrogen-bond donors (Lipinski definition) is 1. The van der Waals surface area contributed by atoms with Gasteiger partial charge in [0.1, 0.15) is 5.75 Å². The Morgan fingerprint density at radius 1 is 1.04 bits per heavy atom. The fourth-order valence-electron chi connectivity index (χ4n) is 3.82. The molecular weight excluding hydrogens is 358 g/mol. The Kier molecular flexibility index (Phi) is 5.63. The Morgan fingerprint density at radius 2 is 1.74 bits per heavy atom. The molecule has 0 radical (unpaired) electrons. The van der Waals surface area contributed by atoms with Crippen molar-refractivity contribution >= 4 is 10.0 Å². The van der Waals surface area contributed by atoms with Crippen LogP contribution in [0.25, 0.3) is 0 Å². The van der Waals surface area contributed by atoms with Crippen LogP contribution in [0.1, 0.15) is 67.0 Å². The molecular formula is C22H29NO3S. The number of aryl methyl sites for hydroxylation is 3. The van der Waals surface area contributed by atoms with Crippen LogP contribution in [-0.2, 0) is 22.9 Å². The predicted molar refractivity (Wildman–Crippen MR) is 109 cm³/mol. The molecule has 146 valence electrons. The molecule has 27 heavy (non-hydrogen) atoms. The van der Waals surface area contributed by atoms with Gasteiger partial charge in [-0.25, -0.2) is 13.1 Å². The van der Waals surface area contributed by atoms with Crippen LogP contribution in [0, 0.1) is 6.92 Å². The number of ether oxygens (including phenoxy) is 1. The fraction of sp³-hybridized carbons (Fsp3) is 0.455. The third-order valence-electron chi connectivity index (χ3n) is 5.39. The second-order valence-corrected chi connectivity index (χ2v) is 9.42. The lowest BCUT2D eigenvalue weighted by Gasteiger charge is -2.19. The standard InChI is InChI=1S/C22H29NO3S/c1-14(2)20-13-22(15(3)11-21(20)26-5)27(24,25)23-16(4)18-10-9-17-7-6-8-19(17)12-18/h9-14,16,23H,6-8H2,1-5H3/t16-/m0/s1. The lowest BCUT2D eigenvalue weighted by atomic mass is 10.0. The third-order valence-corrected chi connectivity index (χ3v) is 7.08. The first-order valence-corrected chi connectivity index (χ1v) is 11.0. The van der Waals surface area contributed by atoms with Gasteiger partial charge < -0.3 is 4.74 Å². The number of methoxy groups -OCH3 is 1. The molecule has 2 aromatic carbocycles. The van der Waals surface area contributed by atoms with Crippen molar-refractivity contribution in [2.45, 2.75) is 63.8 Å². The van der Waals surface area contributed by atoms with Gasteiger partial charge in [0.05, 0.1) is 12.0 Å². The summed E-state index contributed by atoms with van der Waals surface area (Å²) >= 11 is 0. The van der Waals surface area contributed by atoms with Crippen LogP contribution in [0.15, 0.2) is 35.2 Å². The number of benzene rings is 2. The van der Waals surface area contributed by atoms with E-state index in [4.69, 9.17) is 4.74 Å². The Morgan fingerprint density at radius 3 is 2.41 bits per heavy atom. The van der Waals surface area contributed by atoms with Gasteiger partial charge >= 0.3 is 0 Å². The van der Waals surface area contributed by atoms with E-state index in [-0.39, 0.29) is 12.0 Å². The van der Waals surface area contributed by atoms with Crippen LogP contribution in [0.3, 0.4) is 0 Å². The molecule has 0 bridgehead atoms. The summed E-state index contributed by atoms with van der Waals surface area (Å²) in [5.41, 5.74) is 5.33. The Hall–Kier alpha value is -1.85. The van der Waals surface area contributed by atoms with E-state index < -0.39 is 10.0 Å². The first-order chi connectivity index (χ1) is 12.7. The highest BCUT2D eigenvalue weighted by Gasteiger charge is 2.24. The van der Waals surface area contributed by atoms with Gasteiger partial charge in [-0.3, -0.25) is 0 Å². The van der Waals surface area contributed by atoms with Crippen molar-refractivity contribution < 1.29 is 13.2 Å². The molecule has 0 amide bonds. The quantitative estimate of drug-likeness (QED) is 0.785. The summed E-state index contributed by atoms with van der Waals surface area (Å²) in [6, 6.07) is 9.59. The van der Waals surface area contributed by atoms with E-state index in [1.807, 2.05) is 32.9 Å². The Balaban J connectivity index is 1.91. The topological polar surface area (TPSA) is 55.4 Å². The van der Waals surface area contributed by atoms with Gasteiger partial charge in [-0.1, -0.05) is 32.0 Å². The zero-order valence-electron chi connectivity index (χ0n) is 16.8. The second-order valence-electron chi connectivity index (χ2n) is 7.74. The molecule has 0 aromatic heterocycles. The third kappa shape index (κ3) is 4.04. The first kappa shape index (κ1) is 19.9. The van der Waals surface area contributed by atoms with Gasteiger partial charge in [-0.05, 0) is 79.0 Å². The van der Waals surface area contributed by atoms with Crippen LogP contribution in [0.4, 0.5) is 0 Å². The van der Waals surface area contributed by atoms with Gasteiger partial charge in [-0.15, -0.1) is 0 Å². The molecule has 0 spiro atoms. The molecule has 1 N–H and O–H groups in total. The van der Waals surface area contributed by atoms with Crippen LogP contribution in [0.5, 0.6) is 5.75 Å². The van der Waals surface area contributed by atoms with Crippen molar-refractivity contribution in [3.05, 3.63) is 58.1 Å². The summed E-state index contributed by atoms with van der Waals surface area (Å²) in [6.07, 6.45) is 3.39. The molecule has 3 rings (SSSR count). The molecule has 1 aliphatic carbocycles. The molecule has 0 aliphatic heterocycles. The Labute approximate surface area is 163 Å². The zero-order chi connectivity index (χ0) is 19.8. The number of sulfonamides is 1. The van der Waals surface area contributed by atoms with Gasteiger partial charge in [0.25, 0.3) is 0 Å². The highest BCUT2D eigenvalue weighted by molar-refractivity contribution is 7.89. The van der Waals surface area contributed by atoms with E-state index in [1.54, 1.807) is 20.1 Å². The van der Waals surface area contributed by atoms with E-state index >= 15 is 0 Å². The summed E-state index contributed by atoms with van der Waals surface area (Å²) in [7, 11) is -2.02. The number of rotatable bonds is 6. The maximum atomic E-state index is 13.1. The van der Waals surface area contributed by atoms with Crippen LogP contribution < -0.4 is 9.46 Å². The molecule has 1 aliphatic rings. The van der Waals surface area contributed by atoms with Gasteiger partial charge in [0.15, 0.2) is 0 Å². The molecule has 5 heteroatoms. The van der Waals surface area contributed by atoms with Crippen LogP contribution >= 0.6 is 0 Å². The molecule has 0 saturated carbocycles. The average Bonchev–Trinajstić information content (AvgIpc) is 3.08. The molecule has 1 atom stereocenters. The molecule has 2 aromatic rings. The highest BCUT2D eigenvalue weighted by Crippen LogP contribution is 2.32. The van der Waals surface area contributed by atoms with E-state index in [0.717, 1.165) is 29.7 Å². The zero-order valence-corrected chi connectivity index (χ0v) is 17.6. The summed E-state index contributed by atoms with van der Waals surface area (Å²) in [4.78, 5) is 0.319. The monoisotopic (exact) mass is 387 g/mol. The van der Waals surface area contributed by atoms with Crippen molar-refractivity contribution in [3.63, 3.8) is 0 Å². The van der Waals surface area contributed by atoms with Crippen LogP contribution in [-0.4, -0.2) is 15.5 Å². The predicted octanol–water partition coefficient (Wildman–Crippen LogP) is 4.66. The minimum atomic E-state index is -3.64. The van der Waals surface area contributed by atoms with Crippen molar-refractivity contribution in [2.75, 3.05) is 7.11 Å². The number of nitrogens with one attached hydrogen (secondary N) is 1. The number of hydrogen-bond acceptors (Lipinski definition) is 3. The lowest BCUT2D eigenvalue weighted by molar-refractivity contribution is 0.406. The minimum Gasteiger partial charge on any atom is -0.496 e. The summed E-state index contributed by atoms with van der Waals surface area (Å²) < 4.78 is 34.5. The van der Waals surface area contributed by atoms with E-state index in [0.29, 0.717) is 10.5 Å². The maximum Gasteiger partial charge on any atom is 0.241 e. The average molecular weight is 388 g/mol. The van der Waals surface area contributed by atoms with Gasteiger partial charge in [0.2, 0.25) is 10.0 Å². The maximum absolute atomic E-state index is 13.1. The van der Waals surface area contributed by atoms with E-state index in [1.165, 1.54) is 17.5 Å². The molecule has 0 saturated heterocycles. The normalized spacial score (nSPS) is 15.0. The second kappa shape index (κ2) is 7.64. The van der Waals surface area contributed by atoms with Crippen molar-refractivity contribution in [3.8, 4) is 5.75 Å². The fourth-order valence-corrected chi connectivity index (χ4v) is 5.31. The van der Waals surface area contributed by atoms with Crippen molar-refractivity contribution in [1.29, 1.82) is 0 Å².